The fourth-order valence-electron chi connectivity index (χ4n) is 1.80. The normalized spacial score (nSPS) is 25.9. The number of likely N-dealkylation sites (tertiary alicyclic amines) is 1. The molecule has 1 heterocycles. The molecule has 13 heavy (non-hydrogen) atoms. The highest BCUT2D eigenvalue weighted by Crippen LogP contribution is 2.18. The van der Waals surface area contributed by atoms with Gasteiger partial charge >= 0.3 is 0 Å². The third kappa shape index (κ3) is 2.97. The van der Waals surface area contributed by atoms with Crippen LogP contribution in [0.5, 0.6) is 0 Å². The quantitative estimate of drug-likeness (QED) is 0.617. The van der Waals surface area contributed by atoms with Crippen LogP contribution in [0.3, 0.4) is 0 Å². The first-order valence-corrected chi connectivity index (χ1v) is 4.78. The summed E-state index contributed by atoms with van der Waals surface area (Å²) >= 11 is 0. The highest BCUT2D eigenvalue weighted by atomic mass is 16.1. The van der Waals surface area contributed by atoms with Gasteiger partial charge in [0.05, 0.1) is 0 Å². The topological polar surface area (TPSA) is 58.4 Å². The van der Waals surface area contributed by atoms with E-state index in [4.69, 9.17) is 5.73 Å². The molecule has 0 bridgehead atoms. The Morgan fingerprint density at radius 1 is 1.77 bits per heavy atom. The van der Waals surface area contributed by atoms with Crippen molar-refractivity contribution in [2.45, 2.75) is 18.9 Å². The minimum Gasteiger partial charge on any atom is -0.359 e. The van der Waals surface area contributed by atoms with Crippen LogP contribution in [0.2, 0.25) is 0 Å². The molecule has 4 nitrogen and oxygen atoms in total. The average molecular weight is 185 g/mol. The first-order valence-electron chi connectivity index (χ1n) is 4.78. The first-order chi connectivity index (χ1) is 6.13. The summed E-state index contributed by atoms with van der Waals surface area (Å²) < 4.78 is 0. The van der Waals surface area contributed by atoms with Gasteiger partial charge in [0.1, 0.15) is 0 Å². The van der Waals surface area contributed by atoms with Crippen LogP contribution in [0.4, 0.5) is 0 Å². The molecule has 1 aliphatic rings. The second-order valence-electron chi connectivity index (χ2n) is 3.85. The Hall–Kier alpha value is -0.610. The Kier molecular flexibility index (Phi) is 3.69. The maximum atomic E-state index is 11.1. The molecule has 0 aromatic carbocycles. The van der Waals surface area contributed by atoms with Gasteiger partial charge in [-0.15, -0.1) is 0 Å². The largest absolute Gasteiger partial charge is 0.359 e. The average Bonchev–Trinajstić information content (AvgIpc) is 2.51. The molecule has 0 aromatic heterocycles. The maximum absolute atomic E-state index is 11.1. The van der Waals surface area contributed by atoms with Crippen LogP contribution in [-0.2, 0) is 4.79 Å². The smallest absolute Gasteiger partial charge is 0.221 e. The summed E-state index contributed by atoms with van der Waals surface area (Å²) in [5.74, 6) is 0.532. The van der Waals surface area contributed by atoms with Crippen molar-refractivity contribution < 1.29 is 4.79 Å². The Bertz CT molecular complexity index is 184. The van der Waals surface area contributed by atoms with Gasteiger partial charge in [0, 0.05) is 26.1 Å². The lowest BCUT2D eigenvalue weighted by Gasteiger charge is -2.17. The zero-order valence-electron chi connectivity index (χ0n) is 8.42. The molecular formula is C9H19N3O. The minimum atomic E-state index is 0.0184. The van der Waals surface area contributed by atoms with Gasteiger partial charge in [0.25, 0.3) is 0 Å². The maximum Gasteiger partial charge on any atom is 0.221 e. The minimum absolute atomic E-state index is 0.0184. The van der Waals surface area contributed by atoms with Crippen LogP contribution < -0.4 is 11.1 Å². The van der Waals surface area contributed by atoms with E-state index >= 15 is 0 Å². The zero-order valence-corrected chi connectivity index (χ0v) is 8.42. The van der Waals surface area contributed by atoms with E-state index in [0.717, 1.165) is 19.5 Å². The molecule has 0 saturated carbocycles. The molecule has 0 aliphatic carbocycles. The van der Waals surface area contributed by atoms with Crippen LogP contribution in [0.1, 0.15) is 12.8 Å². The summed E-state index contributed by atoms with van der Waals surface area (Å²) in [7, 11) is 3.74. The molecule has 0 radical (unpaired) electrons. The Balaban J connectivity index is 2.31. The van der Waals surface area contributed by atoms with Crippen LogP contribution >= 0.6 is 0 Å². The summed E-state index contributed by atoms with van der Waals surface area (Å²) in [6.45, 7) is 2.13. The van der Waals surface area contributed by atoms with E-state index < -0.39 is 0 Å². The Labute approximate surface area is 79.5 Å². The van der Waals surface area contributed by atoms with E-state index in [1.54, 1.807) is 7.05 Å². The number of hydrogen-bond acceptors (Lipinski definition) is 3. The molecule has 1 fully saturated rings. The second-order valence-corrected chi connectivity index (χ2v) is 3.85. The van der Waals surface area contributed by atoms with Gasteiger partial charge < -0.3 is 16.0 Å². The van der Waals surface area contributed by atoms with E-state index in [9.17, 15) is 4.79 Å². The lowest BCUT2D eigenvalue weighted by molar-refractivity contribution is -0.121. The van der Waals surface area contributed by atoms with Gasteiger partial charge in [-0.25, -0.2) is 0 Å². The zero-order chi connectivity index (χ0) is 9.84. The van der Waals surface area contributed by atoms with Crippen LogP contribution in [0.25, 0.3) is 0 Å². The van der Waals surface area contributed by atoms with Gasteiger partial charge in [-0.3, -0.25) is 4.79 Å². The number of amides is 1. The van der Waals surface area contributed by atoms with Crippen molar-refractivity contribution in [3.63, 3.8) is 0 Å². The van der Waals surface area contributed by atoms with Gasteiger partial charge in [0.15, 0.2) is 0 Å². The van der Waals surface area contributed by atoms with E-state index in [2.05, 4.69) is 17.3 Å². The fourth-order valence-corrected chi connectivity index (χ4v) is 1.80. The molecule has 4 heteroatoms. The molecule has 2 atom stereocenters. The van der Waals surface area contributed by atoms with E-state index in [1.807, 2.05) is 0 Å². The number of carbonyl (C=O) groups excluding carboxylic acids is 1. The highest BCUT2D eigenvalue weighted by molar-refractivity contribution is 5.76. The molecule has 1 rings (SSSR count). The fraction of sp³-hybridized carbons (Fsp3) is 0.889. The number of nitrogens with zero attached hydrogens (tertiary/aromatic N) is 1. The molecule has 3 N–H and O–H groups in total. The summed E-state index contributed by atoms with van der Waals surface area (Å²) in [4.78, 5) is 13.3. The Morgan fingerprint density at radius 2 is 2.46 bits per heavy atom. The number of hydrogen-bond donors (Lipinski definition) is 2. The third-order valence-electron chi connectivity index (χ3n) is 2.73. The molecule has 0 aromatic rings. The molecular weight excluding hydrogens is 166 g/mol. The van der Waals surface area contributed by atoms with E-state index in [0.29, 0.717) is 12.3 Å². The second kappa shape index (κ2) is 4.58. The van der Waals surface area contributed by atoms with Crippen molar-refractivity contribution in [1.29, 1.82) is 0 Å². The van der Waals surface area contributed by atoms with Crippen LogP contribution in [0.15, 0.2) is 0 Å². The van der Waals surface area contributed by atoms with E-state index in [1.165, 1.54) is 0 Å². The summed E-state index contributed by atoms with van der Waals surface area (Å²) in [5, 5.41) is 2.60. The van der Waals surface area contributed by atoms with Crippen molar-refractivity contribution in [3.05, 3.63) is 0 Å². The van der Waals surface area contributed by atoms with Gasteiger partial charge in [-0.2, -0.15) is 0 Å². The van der Waals surface area contributed by atoms with Crippen molar-refractivity contribution >= 4 is 5.91 Å². The number of carbonyl (C=O) groups is 1. The summed E-state index contributed by atoms with van der Waals surface area (Å²) in [6.07, 6.45) is 1.57. The predicted molar refractivity (Wildman–Crippen MR) is 52.3 cm³/mol. The number of nitrogens with one attached hydrogen (secondary N) is 1. The van der Waals surface area contributed by atoms with Crippen LogP contribution in [0, 0.1) is 5.92 Å². The standard InChI is InChI=1S/C9H19N3O/c1-11-9(13)5-8(10)7-3-4-12(2)6-7/h7-8H,3-6,10H2,1-2H3,(H,11,13). The van der Waals surface area contributed by atoms with Crippen molar-refractivity contribution in [1.82, 2.24) is 10.2 Å². The van der Waals surface area contributed by atoms with Gasteiger partial charge in [0.2, 0.25) is 5.91 Å². The molecule has 76 valence electrons. The predicted octanol–water partition coefficient (Wildman–Crippen LogP) is -0.598. The molecule has 1 saturated heterocycles. The molecule has 1 amide bonds. The summed E-state index contributed by atoms with van der Waals surface area (Å²) in [5.41, 5.74) is 5.93. The van der Waals surface area contributed by atoms with E-state index in [-0.39, 0.29) is 11.9 Å². The molecule has 0 spiro atoms. The SMILES string of the molecule is CNC(=O)CC(N)C1CCN(C)C1. The molecule has 1 aliphatic heterocycles. The van der Waals surface area contributed by atoms with Gasteiger partial charge in [-0.05, 0) is 25.9 Å². The lowest BCUT2D eigenvalue weighted by atomic mass is 9.97. The van der Waals surface area contributed by atoms with Crippen molar-refractivity contribution in [3.8, 4) is 0 Å². The Morgan fingerprint density at radius 3 is 2.92 bits per heavy atom. The number of nitrogens with two attached hydrogens (primary N) is 1. The third-order valence-corrected chi connectivity index (χ3v) is 2.73. The lowest BCUT2D eigenvalue weighted by Crippen LogP contribution is -2.36. The van der Waals surface area contributed by atoms with Crippen LogP contribution in [-0.4, -0.2) is 44.0 Å². The monoisotopic (exact) mass is 185 g/mol. The van der Waals surface area contributed by atoms with Gasteiger partial charge in [-0.1, -0.05) is 0 Å². The highest BCUT2D eigenvalue weighted by Gasteiger charge is 2.26. The van der Waals surface area contributed by atoms with Crippen molar-refractivity contribution in [2.75, 3.05) is 27.2 Å². The number of rotatable bonds is 3. The molecule has 2 unspecified atom stereocenters. The van der Waals surface area contributed by atoms with Crippen molar-refractivity contribution in [2.24, 2.45) is 11.7 Å². The first kappa shape index (κ1) is 10.5. The summed E-state index contributed by atoms with van der Waals surface area (Å²) in [6, 6.07) is 0.0184.